The van der Waals surface area contributed by atoms with Crippen LogP contribution in [-0.2, 0) is 12.4 Å². The Balaban J connectivity index is 2.74. The lowest BCUT2D eigenvalue weighted by molar-refractivity contribution is -0.146. The van der Waals surface area contributed by atoms with Crippen LogP contribution in [0.3, 0.4) is 0 Å². The molecule has 0 N–H and O–H groups in total. The third-order valence-corrected chi connectivity index (χ3v) is 3.18. The van der Waals surface area contributed by atoms with Crippen molar-refractivity contribution in [3.63, 3.8) is 0 Å². The van der Waals surface area contributed by atoms with Gasteiger partial charge in [0, 0.05) is 0 Å². The lowest BCUT2D eigenvalue weighted by Crippen LogP contribution is -2.15. The minimum absolute atomic E-state index is 0.0206. The fraction of sp³-hybridized carbons (Fsp3) is 0.364. The van der Waals surface area contributed by atoms with E-state index in [0.717, 1.165) is 16.7 Å². The number of fused-ring (bicyclic) bond motifs is 1. The summed E-state index contributed by atoms with van der Waals surface area (Å²) in [6, 6.07) is 2.38. The molecule has 0 aliphatic carbocycles. The Morgan fingerprint density at radius 2 is 1.70 bits per heavy atom. The lowest BCUT2D eigenvalue weighted by atomic mass is 10.2. The Bertz CT molecular complexity index is 641. The number of benzene rings is 1. The summed E-state index contributed by atoms with van der Waals surface area (Å²) in [5, 5.41) is 0. The molecular weight excluding hydrogens is 401 g/mol. The average molecular weight is 408 g/mol. The van der Waals surface area contributed by atoms with Crippen molar-refractivity contribution in [2.75, 3.05) is 0 Å². The molecule has 2 nitrogen and oxygen atoms in total. The summed E-state index contributed by atoms with van der Waals surface area (Å²) in [4.78, 5) is 3.31. The SMILES string of the molecule is CC(I)n1c(C(F)(F)F)nc2cc(C(F)(F)F)ccc21. The van der Waals surface area contributed by atoms with Crippen LogP contribution in [0.15, 0.2) is 18.2 Å². The van der Waals surface area contributed by atoms with Crippen molar-refractivity contribution in [3.8, 4) is 0 Å². The van der Waals surface area contributed by atoms with Gasteiger partial charge in [-0.15, -0.1) is 0 Å². The predicted molar refractivity (Wildman–Crippen MR) is 68.5 cm³/mol. The summed E-state index contributed by atoms with van der Waals surface area (Å²) in [5.74, 6) is -1.20. The summed E-state index contributed by atoms with van der Waals surface area (Å²) < 4.78 is 76.6. The van der Waals surface area contributed by atoms with Gasteiger partial charge in [0.15, 0.2) is 0 Å². The van der Waals surface area contributed by atoms with Crippen molar-refractivity contribution < 1.29 is 26.3 Å². The fourth-order valence-corrected chi connectivity index (χ4v) is 2.40. The highest BCUT2D eigenvalue weighted by molar-refractivity contribution is 14.1. The number of rotatable bonds is 1. The molecule has 1 heterocycles. The van der Waals surface area contributed by atoms with Gasteiger partial charge in [0.1, 0.15) is 0 Å². The number of hydrogen-bond acceptors (Lipinski definition) is 1. The van der Waals surface area contributed by atoms with E-state index in [1.807, 2.05) is 0 Å². The Kier molecular flexibility index (Phi) is 3.68. The maximum absolute atomic E-state index is 12.9. The van der Waals surface area contributed by atoms with Gasteiger partial charge in [-0.1, -0.05) is 22.6 Å². The van der Waals surface area contributed by atoms with Crippen LogP contribution in [0.2, 0.25) is 0 Å². The molecule has 1 atom stereocenters. The van der Waals surface area contributed by atoms with Crippen LogP contribution >= 0.6 is 22.6 Å². The summed E-state index contributed by atoms with van der Waals surface area (Å²) in [7, 11) is 0. The van der Waals surface area contributed by atoms with E-state index in [-0.39, 0.29) is 11.0 Å². The second-order valence-corrected chi connectivity index (χ2v) is 5.88. The molecule has 0 amide bonds. The number of halogens is 7. The van der Waals surface area contributed by atoms with Crippen molar-refractivity contribution in [1.82, 2.24) is 9.55 Å². The van der Waals surface area contributed by atoms with E-state index in [1.54, 1.807) is 22.6 Å². The van der Waals surface area contributed by atoms with E-state index in [0.29, 0.717) is 6.07 Å². The van der Waals surface area contributed by atoms with E-state index in [4.69, 9.17) is 0 Å². The van der Waals surface area contributed by atoms with Crippen molar-refractivity contribution in [1.29, 1.82) is 0 Å². The molecule has 0 aliphatic rings. The third kappa shape index (κ3) is 2.72. The van der Waals surface area contributed by atoms with Crippen LogP contribution in [0, 0.1) is 0 Å². The standard InChI is InChI=1S/C11H7F6IN2/c1-5(18)20-8-3-2-6(10(12,13)14)4-7(8)19-9(20)11(15,16)17/h2-5H,1H3. The zero-order valence-electron chi connectivity index (χ0n) is 9.85. The van der Waals surface area contributed by atoms with Gasteiger partial charge in [0.05, 0.1) is 20.6 Å². The van der Waals surface area contributed by atoms with Crippen LogP contribution in [0.4, 0.5) is 26.3 Å². The molecule has 2 rings (SSSR count). The van der Waals surface area contributed by atoms with Crippen LogP contribution < -0.4 is 0 Å². The van der Waals surface area contributed by atoms with E-state index in [1.165, 1.54) is 6.92 Å². The van der Waals surface area contributed by atoms with Gasteiger partial charge in [-0.2, -0.15) is 26.3 Å². The minimum Gasteiger partial charge on any atom is -0.308 e. The Labute approximate surface area is 122 Å². The highest BCUT2D eigenvalue weighted by Gasteiger charge is 2.39. The molecule has 0 saturated heterocycles. The maximum atomic E-state index is 12.9. The van der Waals surface area contributed by atoms with E-state index in [2.05, 4.69) is 4.98 Å². The molecular formula is C11H7F6IN2. The fourth-order valence-electron chi connectivity index (χ4n) is 1.84. The second-order valence-electron chi connectivity index (χ2n) is 4.08. The normalized spacial score (nSPS) is 14.8. The number of nitrogens with zero attached hydrogens (tertiary/aromatic N) is 2. The maximum Gasteiger partial charge on any atom is 0.449 e. The highest BCUT2D eigenvalue weighted by atomic mass is 127. The van der Waals surface area contributed by atoms with Gasteiger partial charge in [0.2, 0.25) is 5.82 Å². The summed E-state index contributed by atoms with van der Waals surface area (Å²) in [5.41, 5.74) is -1.33. The summed E-state index contributed by atoms with van der Waals surface area (Å²) in [6.45, 7) is 1.49. The molecule has 0 saturated carbocycles. The highest BCUT2D eigenvalue weighted by Crippen LogP contribution is 2.37. The Morgan fingerprint density at radius 3 is 2.15 bits per heavy atom. The first-order valence-electron chi connectivity index (χ1n) is 5.32. The Morgan fingerprint density at radius 1 is 1.10 bits per heavy atom. The molecule has 0 fully saturated rings. The quantitative estimate of drug-likeness (QED) is 0.368. The molecule has 0 spiro atoms. The number of imidazole rings is 1. The number of alkyl halides is 7. The van der Waals surface area contributed by atoms with Gasteiger partial charge in [-0.25, -0.2) is 4.98 Å². The largest absolute Gasteiger partial charge is 0.449 e. The Hall–Kier alpha value is -1.00. The molecule has 1 unspecified atom stereocenters. The molecule has 0 bridgehead atoms. The van der Waals surface area contributed by atoms with Gasteiger partial charge >= 0.3 is 12.4 Å². The molecule has 9 heteroatoms. The van der Waals surface area contributed by atoms with Crippen LogP contribution in [-0.4, -0.2) is 9.55 Å². The van der Waals surface area contributed by atoms with Crippen LogP contribution in [0.5, 0.6) is 0 Å². The molecule has 110 valence electrons. The average Bonchev–Trinajstić information content (AvgIpc) is 2.65. The number of hydrogen-bond donors (Lipinski definition) is 0. The second kappa shape index (κ2) is 4.78. The van der Waals surface area contributed by atoms with Crippen molar-refractivity contribution in [3.05, 3.63) is 29.6 Å². The van der Waals surface area contributed by atoms with Gasteiger partial charge in [0.25, 0.3) is 0 Å². The first-order chi connectivity index (χ1) is 9.01. The molecule has 0 radical (unpaired) electrons. The van der Waals surface area contributed by atoms with Crippen LogP contribution in [0.25, 0.3) is 11.0 Å². The summed E-state index contributed by atoms with van der Waals surface area (Å²) in [6.07, 6.45) is -9.34. The van der Waals surface area contributed by atoms with Gasteiger partial charge in [-0.05, 0) is 25.1 Å². The lowest BCUT2D eigenvalue weighted by Gasteiger charge is -2.13. The van der Waals surface area contributed by atoms with Crippen molar-refractivity contribution in [2.24, 2.45) is 0 Å². The zero-order chi connectivity index (χ0) is 15.3. The first-order valence-corrected chi connectivity index (χ1v) is 6.57. The number of aromatic nitrogens is 2. The third-order valence-electron chi connectivity index (χ3n) is 2.63. The first kappa shape index (κ1) is 15.4. The molecule has 1 aromatic heterocycles. The van der Waals surface area contributed by atoms with Crippen molar-refractivity contribution >= 4 is 33.6 Å². The molecule has 2 aromatic rings. The summed E-state index contributed by atoms with van der Waals surface area (Å²) >= 11 is 1.74. The monoisotopic (exact) mass is 408 g/mol. The molecule has 20 heavy (non-hydrogen) atoms. The van der Waals surface area contributed by atoms with E-state index in [9.17, 15) is 26.3 Å². The molecule has 0 aliphatic heterocycles. The minimum atomic E-state index is -4.73. The zero-order valence-corrected chi connectivity index (χ0v) is 12.0. The van der Waals surface area contributed by atoms with Gasteiger partial charge < -0.3 is 4.57 Å². The van der Waals surface area contributed by atoms with Crippen molar-refractivity contribution in [2.45, 2.75) is 23.3 Å². The smallest absolute Gasteiger partial charge is 0.308 e. The van der Waals surface area contributed by atoms with Gasteiger partial charge in [-0.3, -0.25) is 0 Å². The topological polar surface area (TPSA) is 17.8 Å². The predicted octanol–water partition coefficient (Wildman–Crippen LogP) is 5.03. The molecule has 1 aromatic carbocycles. The van der Waals surface area contributed by atoms with E-state index < -0.39 is 27.8 Å². The van der Waals surface area contributed by atoms with E-state index >= 15 is 0 Å². The van der Waals surface area contributed by atoms with Crippen LogP contribution in [0.1, 0.15) is 22.4 Å².